The third-order valence-corrected chi connectivity index (χ3v) is 11.9. The summed E-state index contributed by atoms with van der Waals surface area (Å²) in [5, 5.41) is 11.0. The Morgan fingerprint density at radius 1 is 0.717 bits per heavy atom. The second-order valence-corrected chi connectivity index (χ2v) is 14.3. The summed E-state index contributed by atoms with van der Waals surface area (Å²) in [6.07, 6.45) is 13.0. The zero-order valence-electron chi connectivity index (χ0n) is 26.5. The van der Waals surface area contributed by atoms with Crippen LogP contribution in [0.25, 0.3) is 21.8 Å². The van der Waals surface area contributed by atoms with E-state index in [-0.39, 0.29) is 12.1 Å². The Kier molecular flexibility index (Phi) is 8.09. The maximum atomic E-state index is 6.33. The van der Waals surface area contributed by atoms with Crippen LogP contribution in [0.3, 0.4) is 0 Å². The molecule has 0 amide bonds. The van der Waals surface area contributed by atoms with Gasteiger partial charge in [0, 0.05) is 48.3 Å². The van der Waals surface area contributed by atoms with Crippen LogP contribution in [0.15, 0.2) is 98.4 Å². The lowest BCUT2D eigenvalue weighted by Crippen LogP contribution is -2.60. The molecule has 0 saturated carbocycles. The lowest BCUT2D eigenvalue weighted by molar-refractivity contribution is 0.00189. The first-order chi connectivity index (χ1) is 22.6. The van der Waals surface area contributed by atoms with Gasteiger partial charge in [0.05, 0.1) is 23.1 Å². The molecule has 6 saturated heterocycles. The van der Waals surface area contributed by atoms with Crippen LogP contribution in [-0.2, 0) is 0 Å². The molecule has 6 nitrogen and oxygen atoms in total. The number of hydrogen-bond acceptors (Lipinski definition) is 5. The van der Waals surface area contributed by atoms with Gasteiger partial charge in [-0.05, 0) is 110 Å². The zero-order valence-corrected chi connectivity index (χ0v) is 27.3. The predicted octanol–water partition coefficient (Wildman–Crippen LogP) is 6.82. The van der Waals surface area contributed by atoms with Gasteiger partial charge in [0.15, 0.2) is 5.11 Å². The minimum absolute atomic E-state index is 0.0320. The average molecular weight is 629 g/mol. The summed E-state index contributed by atoms with van der Waals surface area (Å²) in [7, 11) is 0. The summed E-state index contributed by atoms with van der Waals surface area (Å²) >= 11 is 6.33. The summed E-state index contributed by atoms with van der Waals surface area (Å²) in [5.74, 6) is 2.44. The van der Waals surface area contributed by atoms with Gasteiger partial charge in [0.1, 0.15) is 0 Å². The van der Waals surface area contributed by atoms with Crippen LogP contribution in [0.5, 0.6) is 0 Å². The molecule has 7 heteroatoms. The molecule has 0 radical (unpaired) electrons. The number of rotatable bonds is 8. The minimum Gasteiger partial charge on any atom is -0.354 e. The Bertz CT molecular complexity index is 1630. The van der Waals surface area contributed by atoms with Crippen LogP contribution in [0, 0.1) is 23.7 Å². The predicted molar refractivity (Wildman–Crippen MR) is 191 cm³/mol. The summed E-state index contributed by atoms with van der Waals surface area (Å²) < 4.78 is 0. The van der Waals surface area contributed by atoms with Gasteiger partial charge >= 0.3 is 0 Å². The molecule has 10 atom stereocenters. The fraction of sp³-hybridized carbons (Fsp3) is 0.410. The largest absolute Gasteiger partial charge is 0.354 e. The van der Waals surface area contributed by atoms with Gasteiger partial charge in [-0.2, -0.15) is 0 Å². The standard InChI is InChI=1S/C39H44N6S/c1-3-25-23-44-19-15-27(25)21-35(44)37(31-13-17-40-33-11-7-5-9-29(31)33)42-39(46)43-38(32-14-18-41-34-12-8-6-10-30(32)34)36-22-28-16-20-45(36)24-26(28)4-2/h3-14,17-18,25-28,35-38H,1-2,15-16,19-24H2,(H2,42,43,46)/t25-,26-,27-,28-,35+,36+,37-,38?/m0/s1. The van der Waals surface area contributed by atoms with Crippen LogP contribution >= 0.6 is 12.2 Å². The highest BCUT2D eigenvalue weighted by Gasteiger charge is 2.45. The summed E-state index contributed by atoms with van der Waals surface area (Å²) in [6.45, 7) is 12.7. The third kappa shape index (κ3) is 5.32. The van der Waals surface area contributed by atoms with E-state index in [2.05, 4.69) is 106 Å². The number of aromatic nitrogens is 2. The number of hydrogen-bond donors (Lipinski definition) is 2. The maximum absolute atomic E-state index is 6.33. The van der Waals surface area contributed by atoms with Gasteiger partial charge in [0.25, 0.3) is 0 Å². The number of nitrogens with zero attached hydrogens (tertiary/aromatic N) is 4. The van der Waals surface area contributed by atoms with Crippen molar-refractivity contribution in [3.05, 3.63) is 109 Å². The molecule has 3 unspecified atom stereocenters. The van der Waals surface area contributed by atoms with Crippen molar-refractivity contribution < 1.29 is 0 Å². The van der Waals surface area contributed by atoms with E-state index >= 15 is 0 Å². The van der Waals surface area contributed by atoms with E-state index in [1.165, 1.54) is 34.7 Å². The average Bonchev–Trinajstić information content (AvgIpc) is 3.12. The summed E-state index contributed by atoms with van der Waals surface area (Å²) in [5.41, 5.74) is 4.58. The summed E-state index contributed by atoms with van der Waals surface area (Å²) in [6, 6.07) is 22.2. The van der Waals surface area contributed by atoms with Gasteiger partial charge in [-0.1, -0.05) is 48.6 Å². The van der Waals surface area contributed by atoms with Gasteiger partial charge in [-0.25, -0.2) is 0 Å². The molecule has 2 N–H and O–H groups in total. The lowest BCUT2D eigenvalue weighted by atomic mass is 9.73. The molecule has 6 aliphatic heterocycles. The number of fused-ring (bicyclic) bond motifs is 8. The highest BCUT2D eigenvalue weighted by Crippen LogP contribution is 2.44. The van der Waals surface area contributed by atoms with Crippen molar-refractivity contribution in [2.45, 2.75) is 49.9 Å². The molecular formula is C39H44N6S. The second kappa shape index (κ2) is 12.5. The Morgan fingerprint density at radius 3 is 1.59 bits per heavy atom. The van der Waals surface area contributed by atoms with E-state index in [1.807, 2.05) is 12.4 Å². The fourth-order valence-electron chi connectivity index (χ4n) is 9.31. The second-order valence-electron chi connectivity index (χ2n) is 13.9. The molecule has 236 valence electrons. The van der Waals surface area contributed by atoms with E-state index in [4.69, 9.17) is 22.2 Å². The minimum atomic E-state index is 0.0320. The Labute approximate surface area is 278 Å². The van der Waals surface area contributed by atoms with E-state index in [1.54, 1.807) is 0 Å². The number of nitrogens with one attached hydrogen (secondary N) is 2. The van der Waals surface area contributed by atoms with Gasteiger partial charge in [-0.3, -0.25) is 19.8 Å². The van der Waals surface area contributed by atoms with Gasteiger partial charge in [0.2, 0.25) is 0 Å². The number of thiocarbonyl (C=S) groups is 1. The first-order valence-corrected chi connectivity index (χ1v) is 17.5. The molecule has 10 rings (SSSR count). The topological polar surface area (TPSA) is 56.3 Å². The first kappa shape index (κ1) is 29.7. The molecule has 8 heterocycles. The van der Waals surface area contributed by atoms with Crippen LogP contribution in [0.4, 0.5) is 0 Å². The van der Waals surface area contributed by atoms with Gasteiger partial charge in [-0.15, -0.1) is 13.2 Å². The first-order valence-electron chi connectivity index (χ1n) is 17.1. The van der Waals surface area contributed by atoms with Gasteiger partial charge < -0.3 is 10.6 Å². The number of para-hydroxylation sites is 2. The molecule has 4 bridgehead atoms. The van der Waals surface area contributed by atoms with E-state index in [0.29, 0.717) is 40.9 Å². The van der Waals surface area contributed by atoms with E-state index < -0.39 is 0 Å². The molecule has 46 heavy (non-hydrogen) atoms. The van der Waals surface area contributed by atoms with Crippen molar-refractivity contribution in [3.8, 4) is 0 Å². The van der Waals surface area contributed by atoms with Crippen LogP contribution in [0.2, 0.25) is 0 Å². The summed E-state index contributed by atoms with van der Waals surface area (Å²) in [4.78, 5) is 14.8. The molecule has 0 aliphatic carbocycles. The quantitative estimate of drug-likeness (QED) is 0.164. The van der Waals surface area contributed by atoms with E-state index in [9.17, 15) is 0 Å². The lowest BCUT2D eigenvalue weighted by Gasteiger charge is -2.52. The zero-order chi connectivity index (χ0) is 31.2. The molecule has 6 aliphatic rings. The molecule has 4 aromatic rings. The fourth-order valence-corrected chi connectivity index (χ4v) is 9.57. The smallest absolute Gasteiger partial charge is 0.167 e. The third-order valence-electron chi connectivity index (χ3n) is 11.7. The Morgan fingerprint density at radius 2 is 1.17 bits per heavy atom. The number of pyridine rings is 2. The van der Waals surface area contributed by atoms with Crippen molar-refractivity contribution in [3.63, 3.8) is 0 Å². The van der Waals surface area contributed by atoms with Crippen LogP contribution < -0.4 is 10.6 Å². The maximum Gasteiger partial charge on any atom is 0.167 e. The molecule has 0 spiro atoms. The monoisotopic (exact) mass is 628 g/mol. The van der Waals surface area contributed by atoms with Crippen molar-refractivity contribution in [2.75, 3.05) is 26.2 Å². The number of piperidine rings is 6. The van der Waals surface area contributed by atoms with Crippen LogP contribution in [-0.4, -0.2) is 63.1 Å². The Balaban J connectivity index is 1.15. The molecule has 2 aromatic heterocycles. The van der Waals surface area contributed by atoms with E-state index in [0.717, 1.165) is 50.1 Å². The van der Waals surface area contributed by atoms with Crippen molar-refractivity contribution in [1.82, 2.24) is 30.4 Å². The number of benzene rings is 2. The molecular weight excluding hydrogens is 585 g/mol. The normalized spacial score (nSPS) is 31.3. The highest BCUT2D eigenvalue weighted by molar-refractivity contribution is 7.80. The highest BCUT2D eigenvalue weighted by atomic mass is 32.1. The SMILES string of the molecule is C=C[C@H]1CN2CC[C@H]1C[C@@H]2C(NC(=S)N[C@@H](c1ccnc2ccccc12)[C@H]1C[C@@H]2CCN1C[C@@H]2C=C)c1ccnc2ccccc12. The van der Waals surface area contributed by atoms with Crippen molar-refractivity contribution in [1.29, 1.82) is 0 Å². The molecule has 6 fully saturated rings. The Hall–Kier alpha value is -3.65. The van der Waals surface area contributed by atoms with Crippen molar-refractivity contribution >= 4 is 39.1 Å². The van der Waals surface area contributed by atoms with Crippen molar-refractivity contribution in [2.24, 2.45) is 23.7 Å². The molecule has 2 aromatic carbocycles. The van der Waals surface area contributed by atoms with Crippen LogP contribution in [0.1, 0.15) is 48.9 Å².